The normalized spacial score (nSPS) is 25.8. The topological polar surface area (TPSA) is 87.5 Å². The SMILES string of the molecule is O=C(O)c1cc2nc3n(c2cc1C(F)(F)F)C[C@H]1[C@@H]3[C@H](c2cccc(Cl)c2F)[C@@]2(Cc3ccc(Cl)cc3NC2=O)N1CC1CC1. The molecule has 4 heterocycles. The molecule has 2 N–H and O–H groups in total. The number of carboxylic acids is 1. The zero-order valence-corrected chi connectivity index (χ0v) is 24.8. The summed E-state index contributed by atoms with van der Waals surface area (Å²) in [6.45, 7) is 0.726. The number of benzene rings is 3. The number of carbonyl (C=O) groups excluding carboxylic acids is 1. The second kappa shape index (κ2) is 9.67. The minimum Gasteiger partial charge on any atom is -0.478 e. The molecule has 4 aromatic rings. The fraction of sp³-hybridized carbons (Fsp3) is 0.344. The smallest absolute Gasteiger partial charge is 0.417 e. The number of anilines is 1. The van der Waals surface area contributed by atoms with Crippen molar-refractivity contribution in [3.63, 3.8) is 0 Å². The molecule has 1 saturated carbocycles. The largest absolute Gasteiger partial charge is 0.478 e. The van der Waals surface area contributed by atoms with Crippen LogP contribution in [0.3, 0.4) is 0 Å². The molecule has 1 saturated heterocycles. The van der Waals surface area contributed by atoms with E-state index in [9.17, 15) is 27.9 Å². The molecule has 45 heavy (non-hydrogen) atoms. The van der Waals surface area contributed by atoms with Gasteiger partial charge in [0.2, 0.25) is 5.91 Å². The maximum atomic E-state index is 16.1. The number of aromatic carboxylic acids is 1. The predicted octanol–water partition coefficient (Wildman–Crippen LogP) is 7.11. The van der Waals surface area contributed by atoms with Gasteiger partial charge in [0.25, 0.3) is 0 Å². The van der Waals surface area contributed by atoms with Crippen molar-refractivity contribution >= 4 is 51.8 Å². The molecule has 7 nitrogen and oxygen atoms in total. The number of nitrogens with one attached hydrogen (secondary N) is 1. The van der Waals surface area contributed by atoms with Crippen molar-refractivity contribution in [2.75, 3.05) is 11.9 Å². The van der Waals surface area contributed by atoms with Gasteiger partial charge >= 0.3 is 12.1 Å². The van der Waals surface area contributed by atoms with Gasteiger partial charge in [-0.2, -0.15) is 13.2 Å². The first kappa shape index (κ1) is 28.8. The zero-order valence-electron chi connectivity index (χ0n) is 23.3. The Morgan fingerprint density at radius 2 is 1.91 bits per heavy atom. The highest BCUT2D eigenvalue weighted by Gasteiger charge is 2.67. The Hall–Kier alpha value is -3.67. The van der Waals surface area contributed by atoms with E-state index in [2.05, 4.69) is 10.2 Å². The van der Waals surface area contributed by atoms with E-state index in [0.29, 0.717) is 29.0 Å². The molecule has 1 amide bonds. The molecule has 1 spiro atoms. The first-order valence-electron chi connectivity index (χ1n) is 14.5. The fourth-order valence-electron chi connectivity index (χ4n) is 7.95. The Morgan fingerprint density at radius 3 is 2.62 bits per heavy atom. The van der Waals surface area contributed by atoms with Gasteiger partial charge in [-0.05, 0) is 60.2 Å². The molecule has 1 aliphatic carbocycles. The number of imidazole rings is 1. The minimum atomic E-state index is -4.91. The number of rotatable bonds is 4. The van der Waals surface area contributed by atoms with E-state index in [1.54, 1.807) is 28.8 Å². The molecule has 4 aliphatic rings. The molecule has 3 aromatic carbocycles. The van der Waals surface area contributed by atoms with Crippen LogP contribution in [0, 0.1) is 11.7 Å². The van der Waals surface area contributed by atoms with Gasteiger partial charge in [0.1, 0.15) is 17.2 Å². The Labute approximate surface area is 263 Å². The van der Waals surface area contributed by atoms with Gasteiger partial charge < -0.3 is 15.0 Å². The van der Waals surface area contributed by atoms with Gasteiger partial charge in [-0.15, -0.1) is 0 Å². The van der Waals surface area contributed by atoms with Crippen LogP contribution in [0.2, 0.25) is 10.0 Å². The summed E-state index contributed by atoms with van der Waals surface area (Å²) in [5.41, 5.74) is -1.63. The quantitative estimate of drug-likeness (QED) is 0.228. The van der Waals surface area contributed by atoms with E-state index in [-0.39, 0.29) is 40.5 Å². The first-order valence-corrected chi connectivity index (χ1v) is 15.3. The lowest BCUT2D eigenvalue weighted by Crippen LogP contribution is -2.61. The predicted molar refractivity (Wildman–Crippen MR) is 158 cm³/mol. The Bertz CT molecular complexity index is 1960. The van der Waals surface area contributed by atoms with Crippen LogP contribution in [-0.4, -0.2) is 49.6 Å². The van der Waals surface area contributed by atoms with Crippen molar-refractivity contribution < 1.29 is 32.3 Å². The van der Waals surface area contributed by atoms with E-state index < -0.39 is 52.5 Å². The number of likely N-dealkylation sites (tertiary alicyclic amines) is 1. The van der Waals surface area contributed by atoms with Crippen LogP contribution in [-0.2, 0) is 23.9 Å². The van der Waals surface area contributed by atoms with Crippen LogP contribution in [0.15, 0.2) is 48.5 Å². The Balaban J connectivity index is 1.38. The molecule has 3 aliphatic heterocycles. The lowest BCUT2D eigenvalue weighted by molar-refractivity contribution is -0.138. The summed E-state index contributed by atoms with van der Waals surface area (Å²) in [7, 11) is 0. The van der Waals surface area contributed by atoms with Crippen molar-refractivity contribution in [1.29, 1.82) is 0 Å². The first-order chi connectivity index (χ1) is 21.4. The highest BCUT2D eigenvalue weighted by Crippen LogP contribution is 2.61. The third-order valence-corrected chi connectivity index (χ3v) is 10.5. The summed E-state index contributed by atoms with van der Waals surface area (Å²) in [6, 6.07) is 11.3. The average Bonchev–Trinajstić information content (AvgIpc) is 3.56. The standard InChI is InChI=1S/C32H24Cl2F4N4O3/c33-16-7-6-15-11-31(30(45)40-21(15)8-16)26(17-2-1-3-20(34)27(17)35)25-24(42(31)12-14-4-5-14)13-41-23-10-19(32(36,37)38)18(29(43)44)9-22(23)39-28(25)41/h1-3,6-10,14,24-26H,4-5,11-13H2,(H,40,45)(H,43,44)/t24-,25+,26-,31+/m0/s1. The number of nitrogens with zero attached hydrogens (tertiary/aromatic N) is 3. The van der Waals surface area contributed by atoms with E-state index in [1.807, 2.05) is 6.07 Å². The summed E-state index contributed by atoms with van der Waals surface area (Å²) in [5, 5.41) is 13.0. The fourth-order valence-corrected chi connectivity index (χ4v) is 8.30. The molecule has 232 valence electrons. The van der Waals surface area contributed by atoms with Crippen LogP contribution >= 0.6 is 23.2 Å². The van der Waals surface area contributed by atoms with Crippen molar-refractivity contribution in [3.05, 3.63) is 92.5 Å². The molecule has 2 fully saturated rings. The van der Waals surface area contributed by atoms with Crippen LogP contribution in [0.4, 0.5) is 23.2 Å². The number of halogens is 6. The van der Waals surface area contributed by atoms with E-state index in [4.69, 9.17) is 28.2 Å². The maximum Gasteiger partial charge on any atom is 0.417 e. The summed E-state index contributed by atoms with van der Waals surface area (Å²) >= 11 is 12.6. The number of carboxylic acid groups (broad SMARTS) is 1. The van der Waals surface area contributed by atoms with E-state index in [1.165, 1.54) is 6.07 Å². The zero-order chi connectivity index (χ0) is 31.6. The third-order valence-electron chi connectivity index (χ3n) is 9.96. The van der Waals surface area contributed by atoms with Gasteiger partial charge in [0.05, 0.1) is 27.2 Å². The highest BCUT2D eigenvalue weighted by atomic mass is 35.5. The summed E-state index contributed by atoms with van der Waals surface area (Å²) in [4.78, 5) is 33.2. The van der Waals surface area contributed by atoms with Gasteiger partial charge in [0, 0.05) is 48.1 Å². The Kier molecular flexibility index (Phi) is 6.18. The highest BCUT2D eigenvalue weighted by molar-refractivity contribution is 6.31. The lowest BCUT2D eigenvalue weighted by Gasteiger charge is -2.46. The number of hydrogen-bond acceptors (Lipinski definition) is 4. The third kappa shape index (κ3) is 4.16. The molecule has 1 aromatic heterocycles. The molecule has 0 unspecified atom stereocenters. The molecular formula is C32H24Cl2F4N4O3. The van der Waals surface area contributed by atoms with Gasteiger partial charge in [-0.3, -0.25) is 9.69 Å². The number of hydrogen-bond donors (Lipinski definition) is 2. The molecule has 4 atom stereocenters. The second-order valence-corrected chi connectivity index (χ2v) is 13.3. The lowest BCUT2D eigenvalue weighted by atomic mass is 9.69. The summed E-state index contributed by atoms with van der Waals surface area (Å²) in [5.74, 6) is -3.48. The monoisotopic (exact) mass is 658 g/mol. The molecule has 0 radical (unpaired) electrons. The van der Waals surface area contributed by atoms with Crippen LogP contribution in [0.25, 0.3) is 11.0 Å². The summed E-state index contributed by atoms with van der Waals surface area (Å²) < 4.78 is 59.9. The van der Waals surface area contributed by atoms with Crippen molar-refractivity contribution in [2.45, 2.75) is 55.4 Å². The van der Waals surface area contributed by atoms with Crippen molar-refractivity contribution in [3.8, 4) is 0 Å². The molecule has 13 heteroatoms. The molecular weight excluding hydrogens is 635 g/mol. The second-order valence-electron chi connectivity index (χ2n) is 12.4. The number of carbonyl (C=O) groups is 2. The van der Waals surface area contributed by atoms with Crippen LogP contribution in [0.1, 0.15) is 57.6 Å². The van der Waals surface area contributed by atoms with Gasteiger partial charge in [0.15, 0.2) is 0 Å². The number of fused-ring (bicyclic) bond motifs is 6. The summed E-state index contributed by atoms with van der Waals surface area (Å²) in [6.07, 6.45) is -2.74. The van der Waals surface area contributed by atoms with E-state index in [0.717, 1.165) is 30.5 Å². The maximum absolute atomic E-state index is 16.1. The minimum absolute atomic E-state index is 0.0851. The van der Waals surface area contributed by atoms with Crippen molar-refractivity contribution in [1.82, 2.24) is 14.5 Å². The van der Waals surface area contributed by atoms with Crippen molar-refractivity contribution in [2.24, 2.45) is 5.92 Å². The van der Waals surface area contributed by atoms with E-state index >= 15 is 4.39 Å². The number of amides is 1. The number of alkyl halides is 3. The molecule has 8 rings (SSSR count). The van der Waals surface area contributed by atoms with Gasteiger partial charge in [-0.25, -0.2) is 14.2 Å². The Morgan fingerprint density at radius 1 is 1.13 bits per heavy atom. The van der Waals surface area contributed by atoms with Crippen LogP contribution < -0.4 is 5.32 Å². The number of aromatic nitrogens is 2. The van der Waals surface area contributed by atoms with Crippen LogP contribution in [0.5, 0.6) is 0 Å². The van der Waals surface area contributed by atoms with Gasteiger partial charge in [-0.1, -0.05) is 41.4 Å². The molecule has 0 bridgehead atoms. The average molecular weight is 659 g/mol.